The SMILES string of the molecule is CC.COCCCn1nc(C)c2cc(F)ccc21. The first-order valence-corrected chi connectivity index (χ1v) is 6.34. The van der Waals surface area contributed by atoms with Gasteiger partial charge in [-0.1, -0.05) is 13.8 Å². The third-order valence-corrected chi connectivity index (χ3v) is 2.62. The summed E-state index contributed by atoms with van der Waals surface area (Å²) < 4.78 is 20.0. The van der Waals surface area contributed by atoms with Gasteiger partial charge in [-0.25, -0.2) is 4.39 Å². The largest absolute Gasteiger partial charge is 0.385 e. The first-order valence-electron chi connectivity index (χ1n) is 6.34. The van der Waals surface area contributed by atoms with Crippen molar-refractivity contribution >= 4 is 10.9 Å². The van der Waals surface area contributed by atoms with Gasteiger partial charge < -0.3 is 4.74 Å². The van der Waals surface area contributed by atoms with Gasteiger partial charge in [-0.05, 0) is 31.5 Å². The first kappa shape index (κ1) is 14.6. The molecule has 100 valence electrons. The predicted molar refractivity (Wildman–Crippen MR) is 72.3 cm³/mol. The molecule has 0 aliphatic heterocycles. The Labute approximate surface area is 108 Å². The summed E-state index contributed by atoms with van der Waals surface area (Å²) in [5, 5.41) is 5.28. The minimum absolute atomic E-state index is 0.216. The van der Waals surface area contributed by atoms with E-state index in [4.69, 9.17) is 4.74 Å². The van der Waals surface area contributed by atoms with Gasteiger partial charge in [0.25, 0.3) is 0 Å². The number of aryl methyl sites for hydroxylation is 2. The smallest absolute Gasteiger partial charge is 0.124 e. The molecule has 1 aromatic heterocycles. The van der Waals surface area contributed by atoms with Crippen LogP contribution < -0.4 is 0 Å². The lowest BCUT2D eigenvalue weighted by molar-refractivity contribution is 0.189. The van der Waals surface area contributed by atoms with Crippen LogP contribution in [0.4, 0.5) is 4.39 Å². The van der Waals surface area contributed by atoms with E-state index in [0.717, 1.165) is 29.6 Å². The zero-order valence-electron chi connectivity index (χ0n) is 11.5. The van der Waals surface area contributed by atoms with Crippen molar-refractivity contribution in [2.75, 3.05) is 13.7 Å². The van der Waals surface area contributed by atoms with Gasteiger partial charge in [0.1, 0.15) is 5.82 Å². The number of nitrogens with zero attached hydrogens (tertiary/aromatic N) is 2. The van der Waals surface area contributed by atoms with E-state index in [-0.39, 0.29) is 5.82 Å². The van der Waals surface area contributed by atoms with Crippen LogP contribution in [-0.4, -0.2) is 23.5 Å². The van der Waals surface area contributed by atoms with Crippen molar-refractivity contribution in [1.82, 2.24) is 9.78 Å². The summed E-state index contributed by atoms with van der Waals surface area (Å²) in [7, 11) is 1.68. The highest BCUT2D eigenvalue weighted by Crippen LogP contribution is 2.19. The zero-order valence-corrected chi connectivity index (χ0v) is 11.5. The number of fused-ring (bicyclic) bond motifs is 1. The van der Waals surface area contributed by atoms with Crippen molar-refractivity contribution in [3.8, 4) is 0 Å². The number of aromatic nitrogens is 2. The summed E-state index contributed by atoms with van der Waals surface area (Å²) in [4.78, 5) is 0. The topological polar surface area (TPSA) is 27.1 Å². The van der Waals surface area contributed by atoms with Gasteiger partial charge in [0.15, 0.2) is 0 Å². The average Bonchev–Trinajstić information content (AvgIpc) is 2.69. The summed E-state index contributed by atoms with van der Waals surface area (Å²) in [5.41, 5.74) is 1.85. The average molecular weight is 252 g/mol. The number of hydrogen-bond donors (Lipinski definition) is 0. The molecule has 0 saturated carbocycles. The number of halogens is 1. The van der Waals surface area contributed by atoms with Crippen LogP contribution >= 0.6 is 0 Å². The van der Waals surface area contributed by atoms with Crippen molar-refractivity contribution in [1.29, 1.82) is 0 Å². The lowest BCUT2D eigenvalue weighted by Gasteiger charge is -2.02. The Hall–Kier alpha value is -1.42. The Morgan fingerprint density at radius 2 is 2.06 bits per heavy atom. The summed E-state index contributed by atoms with van der Waals surface area (Å²) in [5.74, 6) is -0.216. The normalized spacial score (nSPS) is 10.3. The Balaban J connectivity index is 0.000000771. The molecule has 0 N–H and O–H groups in total. The fourth-order valence-electron chi connectivity index (χ4n) is 1.84. The second-order valence-corrected chi connectivity index (χ2v) is 3.82. The maximum absolute atomic E-state index is 13.1. The third kappa shape index (κ3) is 3.29. The van der Waals surface area contributed by atoms with Crippen LogP contribution in [-0.2, 0) is 11.3 Å². The van der Waals surface area contributed by atoms with E-state index in [9.17, 15) is 4.39 Å². The number of methoxy groups -OCH3 is 1. The van der Waals surface area contributed by atoms with Crippen LogP contribution in [0, 0.1) is 12.7 Å². The van der Waals surface area contributed by atoms with Gasteiger partial charge >= 0.3 is 0 Å². The molecule has 2 rings (SSSR count). The Morgan fingerprint density at radius 1 is 1.33 bits per heavy atom. The molecule has 0 saturated heterocycles. The van der Waals surface area contributed by atoms with Crippen LogP contribution in [0.1, 0.15) is 26.0 Å². The quantitative estimate of drug-likeness (QED) is 0.778. The van der Waals surface area contributed by atoms with Crippen molar-refractivity contribution in [2.24, 2.45) is 0 Å². The summed E-state index contributed by atoms with van der Waals surface area (Å²) >= 11 is 0. The second-order valence-electron chi connectivity index (χ2n) is 3.82. The molecular formula is C14H21FN2O. The summed E-state index contributed by atoms with van der Waals surface area (Å²) in [6, 6.07) is 4.78. The molecule has 0 aliphatic carbocycles. The van der Waals surface area contributed by atoms with E-state index in [0.29, 0.717) is 6.61 Å². The van der Waals surface area contributed by atoms with Crippen LogP contribution in [0.25, 0.3) is 10.9 Å². The summed E-state index contributed by atoms with van der Waals surface area (Å²) in [6.45, 7) is 7.40. The molecule has 0 fully saturated rings. The molecular weight excluding hydrogens is 231 g/mol. The van der Waals surface area contributed by atoms with Gasteiger partial charge in [-0.2, -0.15) is 5.10 Å². The van der Waals surface area contributed by atoms with Crippen molar-refractivity contribution < 1.29 is 9.13 Å². The molecule has 1 aromatic carbocycles. The van der Waals surface area contributed by atoms with Crippen LogP contribution in [0.2, 0.25) is 0 Å². The Kier molecular flexibility index (Phi) is 5.78. The first-order chi connectivity index (χ1) is 8.72. The highest BCUT2D eigenvalue weighted by atomic mass is 19.1. The van der Waals surface area contributed by atoms with E-state index in [1.165, 1.54) is 12.1 Å². The minimum atomic E-state index is -0.216. The molecule has 2 aromatic rings. The predicted octanol–water partition coefficient (Wildman–Crippen LogP) is 3.55. The number of rotatable bonds is 4. The molecule has 0 radical (unpaired) electrons. The Morgan fingerprint density at radius 3 is 2.72 bits per heavy atom. The monoisotopic (exact) mass is 252 g/mol. The molecule has 1 heterocycles. The van der Waals surface area contributed by atoms with Gasteiger partial charge in [0.2, 0.25) is 0 Å². The molecule has 0 amide bonds. The van der Waals surface area contributed by atoms with Gasteiger partial charge in [-0.15, -0.1) is 0 Å². The number of hydrogen-bond acceptors (Lipinski definition) is 2. The Bertz CT molecular complexity index is 494. The van der Waals surface area contributed by atoms with E-state index >= 15 is 0 Å². The lowest BCUT2D eigenvalue weighted by Crippen LogP contribution is -2.03. The second kappa shape index (κ2) is 7.11. The highest BCUT2D eigenvalue weighted by Gasteiger charge is 2.07. The molecule has 0 aliphatic rings. The number of benzene rings is 1. The van der Waals surface area contributed by atoms with E-state index < -0.39 is 0 Å². The van der Waals surface area contributed by atoms with Crippen LogP contribution in [0.15, 0.2) is 18.2 Å². The van der Waals surface area contributed by atoms with Crippen LogP contribution in [0.5, 0.6) is 0 Å². The molecule has 18 heavy (non-hydrogen) atoms. The van der Waals surface area contributed by atoms with Gasteiger partial charge in [-0.3, -0.25) is 4.68 Å². The van der Waals surface area contributed by atoms with Crippen molar-refractivity contribution in [3.63, 3.8) is 0 Å². The fourth-order valence-corrected chi connectivity index (χ4v) is 1.84. The standard InChI is InChI=1S/C12H15FN2O.C2H6/c1-9-11-8-10(13)4-5-12(11)15(14-9)6-3-7-16-2;1-2/h4-5,8H,3,6-7H2,1-2H3;1-2H3. The lowest BCUT2D eigenvalue weighted by atomic mass is 10.2. The summed E-state index contributed by atoms with van der Waals surface area (Å²) in [6.07, 6.45) is 0.907. The zero-order chi connectivity index (χ0) is 13.5. The molecule has 0 atom stereocenters. The van der Waals surface area contributed by atoms with Crippen LogP contribution in [0.3, 0.4) is 0 Å². The van der Waals surface area contributed by atoms with Crippen molar-refractivity contribution in [3.05, 3.63) is 29.7 Å². The maximum atomic E-state index is 13.1. The van der Waals surface area contributed by atoms with Crippen molar-refractivity contribution in [2.45, 2.75) is 33.7 Å². The molecule has 0 bridgehead atoms. The van der Waals surface area contributed by atoms with E-state index in [1.54, 1.807) is 13.2 Å². The molecule has 0 spiro atoms. The molecule has 0 unspecified atom stereocenters. The maximum Gasteiger partial charge on any atom is 0.124 e. The molecule has 3 nitrogen and oxygen atoms in total. The highest BCUT2D eigenvalue weighted by molar-refractivity contribution is 5.81. The van der Waals surface area contributed by atoms with Gasteiger partial charge in [0, 0.05) is 25.6 Å². The minimum Gasteiger partial charge on any atom is -0.385 e. The third-order valence-electron chi connectivity index (χ3n) is 2.62. The number of ether oxygens (including phenoxy) is 1. The van der Waals surface area contributed by atoms with E-state index in [2.05, 4.69) is 5.10 Å². The van der Waals surface area contributed by atoms with Gasteiger partial charge in [0.05, 0.1) is 11.2 Å². The molecule has 4 heteroatoms. The van der Waals surface area contributed by atoms with E-state index in [1.807, 2.05) is 25.5 Å². The fraction of sp³-hybridized carbons (Fsp3) is 0.500.